The summed E-state index contributed by atoms with van der Waals surface area (Å²) in [7, 11) is 0. The molecule has 1 saturated carbocycles. The van der Waals surface area contributed by atoms with Gasteiger partial charge in [0.25, 0.3) is 0 Å². The number of rotatable bonds is 9. The monoisotopic (exact) mass is 668 g/mol. The fourth-order valence-corrected chi connectivity index (χ4v) is 8.05. The summed E-state index contributed by atoms with van der Waals surface area (Å²) in [4.78, 5) is 9.04. The molecule has 0 N–H and O–H groups in total. The van der Waals surface area contributed by atoms with E-state index in [1.807, 2.05) is 49.5 Å². The summed E-state index contributed by atoms with van der Waals surface area (Å²) in [6.07, 6.45) is 10.6. The average molecular weight is 669 g/mol. The minimum Gasteiger partial charge on any atom is -0.257 e. The topological polar surface area (TPSA) is 25.2 Å². The lowest BCUT2D eigenvalue weighted by atomic mass is 9.67. The maximum atomic E-state index is 6.92. The molecule has 5 aromatic carbocycles. The molecule has 246 valence electrons. The first-order valence-electron chi connectivity index (χ1n) is 17.5. The molecule has 3 heteroatoms. The second-order valence-electron chi connectivity index (χ2n) is 13.1. The molecule has 1 aliphatic rings. The standard InChI is InChI=1S/C47H41ClN2/c1-3-13-46(49-4-2)35-25-21-33(22-26-35)40-14-5-7-16-42(40)37-30-38(32-39(31-37)44-18-9-10-19-45(44)48)43-17-8-6-15-41(43)34-23-27-36(28-24-34)47-20-11-12-29-50-47/h3-29,37-39H,2,30-32H2,1H3/b13-3-,49-46+. The Morgan fingerprint density at radius 3 is 1.66 bits per heavy atom. The minimum absolute atomic E-state index is 0.334. The van der Waals surface area contributed by atoms with Crippen molar-refractivity contribution in [1.82, 2.24) is 4.98 Å². The third-order valence-corrected chi connectivity index (χ3v) is 10.4. The molecule has 3 atom stereocenters. The van der Waals surface area contributed by atoms with Crippen molar-refractivity contribution in [2.75, 3.05) is 0 Å². The van der Waals surface area contributed by atoms with Crippen LogP contribution in [0.4, 0.5) is 0 Å². The van der Waals surface area contributed by atoms with E-state index in [2.05, 4.69) is 132 Å². The van der Waals surface area contributed by atoms with E-state index < -0.39 is 0 Å². The number of pyridine rings is 1. The summed E-state index contributed by atoms with van der Waals surface area (Å²) in [5.74, 6) is 1.04. The number of aromatic nitrogens is 1. The SMILES string of the molecule is C=C/N=C(\C=C/C)c1ccc(-c2ccccc2C2CC(c3ccccc3Cl)CC(c3ccccc3-c3ccc(-c4ccccn4)cc3)C2)cc1. The molecule has 50 heavy (non-hydrogen) atoms. The Hall–Kier alpha value is -5.31. The molecule has 3 unspecified atom stereocenters. The van der Waals surface area contributed by atoms with Crippen LogP contribution in [0.2, 0.25) is 5.02 Å². The number of allylic oxidation sites excluding steroid dienone is 2. The second-order valence-corrected chi connectivity index (χ2v) is 13.5. The summed E-state index contributed by atoms with van der Waals surface area (Å²) in [6.45, 7) is 5.81. The first-order valence-corrected chi connectivity index (χ1v) is 17.9. The van der Waals surface area contributed by atoms with Gasteiger partial charge < -0.3 is 0 Å². The van der Waals surface area contributed by atoms with Gasteiger partial charge in [0.1, 0.15) is 0 Å². The fourth-order valence-electron chi connectivity index (χ4n) is 7.76. The van der Waals surface area contributed by atoms with Gasteiger partial charge in [-0.2, -0.15) is 0 Å². The van der Waals surface area contributed by atoms with E-state index in [-0.39, 0.29) is 0 Å². The second kappa shape index (κ2) is 15.5. The van der Waals surface area contributed by atoms with Gasteiger partial charge in [-0.1, -0.05) is 146 Å². The molecule has 0 bridgehead atoms. The van der Waals surface area contributed by atoms with E-state index in [4.69, 9.17) is 11.6 Å². The van der Waals surface area contributed by atoms with Crippen molar-refractivity contribution in [3.8, 4) is 33.5 Å². The van der Waals surface area contributed by atoms with E-state index in [1.165, 1.54) is 38.9 Å². The first-order chi connectivity index (χ1) is 24.6. The lowest BCUT2D eigenvalue weighted by Gasteiger charge is -2.37. The fraction of sp³-hybridized carbons (Fsp3) is 0.149. The lowest BCUT2D eigenvalue weighted by Crippen LogP contribution is -2.21. The quantitative estimate of drug-likeness (QED) is 0.141. The highest BCUT2D eigenvalue weighted by Crippen LogP contribution is 2.51. The van der Waals surface area contributed by atoms with Gasteiger partial charge in [0.15, 0.2) is 0 Å². The Morgan fingerprint density at radius 2 is 1.12 bits per heavy atom. The minimum atomic E-state index is 0.334. The van der Waals surface area contributed by atoms with Gasteiger partial charge in [-0.05, 0) is 107 Å². The van der Waals surface area contributed by atoms with Crippen LogP contribution in [0.15, 0.2) is 176 Å². The number of halogens is 1. The Bertz CT molecular complexity index is 2130. The average Bonchev–Trinajstić information content (AvgIpc) is 3.18. The van der Waals surface area contributed by atoms with Crippen molar-refractivity contribution >= 4 is 17.3 Å². The zero-order valence-electron chi connectivity index (χ0n) is 28.4. The molecule has 6 aromatic rings. The number of hydrogen-bond donors (Lipinski definition) is 0. The van der Waals surface area contributed by atoms with Crippen molar-refractivity contribution < 1.29 is 0 Å². The van der Waals surface area contributed by atoms with Crippen LogP contribution >= 0.6 is 11.6 Å². The summed E-state index contributed by atoms with van der Waals surface area (Å²) >= 11 is 6.92. The third kappa shape index (κ3) is 7.18. The molecule has 1 aliphatic carbocycles. The van der Waals surface area contributed by atoms with E-state index in [1.54, 1.807) is 6.20 Å². The van der Waals surface area contributed by atoms with E-state index in [0.717, 1.165) is 46.8 Å². The molecule has 7 rings (SSSR count). The molecule has 0 aliphatic heterocycles. The number of nitrogens with zero attached hydrogens (tertiary/aromatic N) is 2. The van der Waals surface area contributed by atoms with Gasteiger partial charge >= 0.3 is 0 Å². The van der Waals surface area contributed by atoms with Crippen molar-refractivity contribution in [2.45, 2.75) is 43.9 Å². The molecule has 0 amide bonds. The molecular weight excluding hydrogens is 628 g/mol. The lowest BCUT2D eigenvalue weighted by molar-refractivity contribution is 0.352. The van der Waals surface area contributed by atoms with Crippen LogP contribution in [0.5, 0.6) is 0 Å². The summed E-state index contributed by atoms with van der Waals surface area (Å²) < 4.78 is 0. The van der Waals surface area contributed by atoms with Gasteiger partial charge in [0.05, 0.1) is 11.4 Å². The summed E-state index contributed by atoms with van der Waals surface area (Å²) in [5, 5.41) is 0.859. The summed E-state index contributed by atoms with van der Waals surface area (Å²) in [6, 6.07) is 50.1. The molecule has 0 spiro atoms. The Morgan fingerprint density at radius 1 is 0.620 bits per heavy atom. The summed E-state index contributed by atoms with van der Waals surface area (Å²) in [5.41, 5.74) is 13.2. The first kappa shape index (κ1) is 33.2. The van der Waals surface area contributed by atoms with Crippen LogP contribution in [0.25, 0.3) is 33.5 Å². The molecule has 1 fully saturated rings. The van der Waals surface area contributed by atoms with Crippen molar-refractivity contribution in [1.29, 1.82) is 0 Å². The van der Waals surface area contributed by atoms with Crippen LogP contribution in [-0.2, 0) is 0 Å². The number of hydrogen-bond acceptors (Lipinski definition) is 2. The Labute approximate surface area is 301 Å². The predicted octanol–water partition coefficient (Wildman–Crippen LogP) is 13.1. The van der Waals surface area contributed by atoms with Crippen molar-refractivity contribution in [3.63, 3.8) is 0 Å². The smallest absolute Gasteiger partial charge is 0.0701 e. The molecule has 1 heterocycles. The Kier molecular flexibility index (Phi) is 10.3. The third-order valence-electron chi connectivity index (χ3n) is 10.1. The highest BCUT2D eigenvalue weighted by Gasteiger charge is 2.34. The zero-order chi connectivity index (χ0) is 34.3. The van der Waals surface area contributed by atoms with Crippen LogP contribution in [-0.4, -0.2) is 10.7 Å². The van der Waals surface area contributed by atoms with Crippen LogP contribution in [0.1, 0.15) is 66.2 Å². The molecule has 2 nitrogen and oxygen atoms in total. The van der Waals surface area contributed by atoms with Gasteiger partial charge in [-0.3, -0.25) is 9.98 Å². The Balaban J connectivity index is 1.26. The maximum absolute atomic E-state index is 6.92. The van der Waals surface area contributed by atoms with Gasteiger partial charge in [0.2, 0.25) is 0 Å². The number of aliphatic imine (C=N–C) groups is 1. The van der Waals surface area contributed by atoms with Crippen LogP contribution in [0, 0.1) is 0 Å². The van der Waals surface area contributed by atoms with Crippen LogP contribution < -0.4 is 0 Å². The normalized spacial score (nSPS) is 17.9. The highest BCUT2D eigenvalue weighted by molar-refractivity contribution is 6.31. The van der Waals surface area contributed by atoms with Gasteiger partial charge in [-0.25, -0.2) is 0 Å². The van der Waals surface area contributed by atoms with E-state index >= 15 is 0 Å². The highest BCUT2D eigenvalue weighted by atomic mass is 35.5. The van der Waals surface area contributed by atoms with Gasteiger partial charge in [-0.15, -0.1) is 0 Å². The van der Waals surface area contributed by atoms with E-state index in [0.29, 0.717) is 17.8 Å². The molecule has 0 saturated heterocycles. The number of benzene rings is 5. The van der Waals surface area contributed by atoms with Crippen molar-refractivity contribution in [3.05, 3.63) is 198 Å². The molecule has 1 aromatic heterocycles. The zero-order valence-corrected chi connectivity index (χ0v) is 29.2. The maximum Gasteiger partial charge on any atom is 0.0701 e. The molecule has 0 radical (unpaired) electrons. The van der Waals surface area contributed by atoms with Crippen molar-refractivity contribution in [2.24, 2.45) is 4.99 Å². The molecular formula is C47H41ClN2. The predicted molar refractivity (Wildman–Crippen MR) is 212 cm³/mol. The van der Waals surface area contributed by atoms with Crippen LogP contribution in [0.3, 0.4) is 0 Å². The van der Waals surface area contributed by atoms with E-state index in [9.17, 15) is 0 Å². The van der Waals surface area contributed by atoms with Gasteiger partial charge in [0, 0.05) is 28.5 Å². The largest absolute Gasteiger partial charge is 0.257 e.